The summed E-state index contributed by atoms with van der Waals surface area (Å²) in [5.74, 6) is 1.37. The van der Waals surface area contributed by atoms with Gasteiger partial charge in [0.2, 0.25) is 0 Å². The van der Waals surface area contributed by atoms with E-state index in [1.165, 1.54) is 5.56 Å². The molecule has 0 bridgehead atoms. The molecule has 1 rings (SSSR count). The monoisotopic (exact) mass is 253 g/mol. The minimum Gasteiger partial charge on any atom is -0.325 e. The fraction of sp³-hybridized carbons (Fsp3) is 0.571. The summed E-state index contributed by atoms with van der Waals surface area (Å²) < 4.78 is 11.7. The van der Waals surface area contributed by atoms with Gasteiger partial charge in [0.25, 0.3) is 0 Å². The third-order valence-electron chi connectivity index (χ3n) is 2.46. The van der Waals surface area contributed by atoms with Gasteiger partial charge in [-0.15, -0.1) is 0 Å². The smallest absolute Gasteiger partial charge is 0.0409 e. The first kappa shape index (κ1) is 14.4. The van der Waals surface area contributed by atoms with E-state index in [1.807, 2.05) is 19.9 Å². The first-order valence-electron chi connectivity index (χ1n) is 6.15. The lowest BCUT2D eigenvalue weighted by molar-refractivity contribution is 0.576. The zero-order chi connectivity index (χ0) is 12.7. The van der Waals surface area contributed by atoms with Crippen LogP contribution in [0.1, 0.15) is 32.3 Å². The topological polar surface area (TPSA) is 43.1 Å². The Morgan fingerprint density at radius 3 is 2.41 bits per heavy atom. The molecule has 0 aliphatic rings. The van der Waals surface area contributed by atoms with Crippen LogP contribution in [0.2, 0.25) is 0 Å². The van der Waals surface area contributed by atoms with Crippen LogP contribution >= 0.6 is 0 Å². The van der Waals surface area contributed by atoms with E-state index in [9.17, 15) is 4.21 Å². The van der Waals surface area contributed by atoms with Gasteiger partial charge in [-0.05, 0) is 38.7 Å². The number of unbranched alkanes of at least 4 members (excludes halogenated alkanes) is 1. The second kappa shape index (κ2) is 6.92. The van der Waals surface area contributed by atoms with Crippen LogP contribution < -0.4 is 5.73 Å². The van der Waals surface area contributed by atoms with Crippen LogP contribution in [0.15, 0.2) is 30.3 Å². The van der Waals surface area contributed by atoms with E-state index in [0.717, 1.165) is 25.0 Å². The molecule has 0 aliphatic heterocycles. The van der Waals surface area contributed by atoms with E-state index in [1.54, 1.807) is 0 Å². The Morgan fingerprint density at radius 2 is 1.82 bits per heavy atom. The van der Waals surface area contributed by atoms with E-state index >= 15 is 0 Å². The van der Waals surface area contributed by atoms with Crippen LogP contribution in [0, 0.1) is 0 Å². The number of benzene rings is 1. The number of rotatable bonds is 7. The van der Waals surface area contributed by atoms with Crippen LogP contribution in [-0.2, 0) is 17.2 Å². The molecule has 0 radical (unpaired) electrons. The summed E-state index contributed by atoms with van der Waals surface area (Å²) in [4.78, 5) is 0. The van der Waals surface area contributed by atoms with Crippen molar-refractivity contribution in [2.75, 3.05) is 11.5 Å². The highest BCUT2D eigenvalue weighted by Crippen LogP contribution is 2.06. The molecule has 17 heavy (non-hydrogen) atoms. The molecule has 1 aromatic rings. The number of aryl methyl sites for hydroxylation is 1. The fourth-order valence-electron chi connectivity index (χ4n) is 1.72. The van der Waals surface area contributed by atoms with Gasteiger partial charge in [-0.3, -0.25) is 4.21 Å². The van der Waals surface area contributed by atoms with Crippen molar-refractivity contribution >= 4 is 10.8 Å². The molecule has 0 aliphatic carbocycles. The fourth-order valence-corrected chi connectivity index (χ4v) is 3.22. The molecule has 1 aromatic carbocycles. The van der Waals surface area contributed by atoms with Gasteiger partial charge >= 0.3 is 0 Å². The Kier molecular flexibility index (Phi) is 5.86. The van der Waals surface area contributed by atoms with Gasteiger partial charge in [-0.25, -0.2) is 0 Å². The average molecular weight is 253 g/mol. The summed E-state index contributed by atoms with van der Waals surface area (Å²) in [6.45, 7) is 3.85. The highest BCUT2D eigenvalue weighted by atomic mass is 32.2. The van der Waals surface area contributed by atoms with Crippen molar-refractivity contribution in [2.24, 2.45) is 5.73 Å². The summed E-state index contributed by atoms with van der Waals surface area (Å²) in [5, 5.41) is 0. The SMILES string of the molecule is CC(C)(N)CS(=O)CCCCc1ccccc1. The molecule has 0 heterocycles. The third-order valence-corrected chi connectivity index (χ3v) is 4.27. The van der Waals surface area contributed by atoms with Crippen LogP contribution in [-0.4, -0.2) is 21.3 Å². The minimum atomic E-state index is -0.772. The molecule has 0 saturated carbocycles. The summed E-state index contributed by atoms with van der Waals surface area (Å²) in [5.41, 5.74) is 6.88. The standard InChI is InChI=1S/C14H23NOS/c1-14(2,15)12-17(16)11-7-6-10-13-8-4-3-5-9-13/h3-5,8-9H,6-7,10-12,15H2,1-2H3. The van der Waals surface area contributed by atoms with Crippen LogP contribution in [0.3, 0.4) is 0 Å². The van der Waals surface area contributed by atoms with E-state index in [2.05, 4.69) is 24.3 Å². The molecule has 0 fully saturated rings. The van der Waals surface area contributed by atoms with Gasteiger partial charge in [0.1, 0.15) is 0 Å². The molecule has 0 spiro atoms. The Balaban J connectivity index is 2.14. The Bertz CT molecular complexity index is 343. The maximum Gasteiger partial charge on any atom is 0.0409 e. The second-order valence-electron chi connectivity index (χ2n) is 5.22. The molecule has 96 valence electrons. The lowest BCUT2D eigenvalue weighted by Crippen LogP contribution is -2.38. The molecular formula is C14H23NOS. The summed E-state index contributed by atoms with van der Waals surface area (Å²) in [6, 6.07) is 10.4. The lowest BCUT2D eigenvalue weighted by atomic mass is 10.1. The normalized spacial score (nSPS) is 13.6. The number of hydrogen-bond acceptors (Lipinski definition) is 2. The van der Waals surface area contributed by atoms with Crippen molar-refractivity contribution < 1.29 is 4.21 Å². The molecule has 3 heteroatoms. The van der Waals surface area contributed by atoms with Gasteiger partial charge < -0.3 is 5.73 Å². The molecule has 0 saturated heterocycles. The van der Waals surface area contributed by atoms with Crippen LogP contribution in [0.25, 0.3) is 0 Å². The van der Waals surface area contributed by atoms with Gasteiger partial charge in [0.05, 0.1) is 0 Å². The first-order valence-corrected chi connectivity index (χ1v) is 7.64. The van der Waals surface area contributed by atoms with Gasteiger partial charge in [-0.2, -0.15) is 0 Å². The number of hydrogen-bond donors (Lipinski definition) is 1. The van der Waals surface area contributed by atoms with Crippen molar-refractivity contribution in [2.45, 2.75) is 38.6 Å². The van der Waals surface area contributed by atoms with Crippen molar-refractivity contribution in [1.82, 2.24) is 0 Å². The van der Waals surface area contributed by atoms with Gasteiger partial charge in [0.15, 0.2) is 0 Å². The summed E-state index contributed by atoms with van der Waals surface area (Å²) in [6.07, 6.45) is 3.18. The molecular weight excluding hydrogens is 230 g/mol. The Hall–Kier alpha value is -0.670. The molecule has 0 amide bonds. The van der Waals surface area contributed by atoms with E-state index in [-0.39, 0.29) is 5.54 Å². The number of nitrogens with two attached hydrogens (primary N) is 1. The quantitative estimate of drug-likeness (QED) is 0.759. The average Bonchev–Trinajstić information content (AvgIpc) is 2.23. The van der Waals surface area contributed by atoms with Crippen molar-refractivity contribution in [3.63, 3.8) is 0 Å². The van der Waals surface area contributed by atoms with Crippen molar-refractivity contribution in [1.29, 1.82) is 0 Å². The molecule has 2 nitrogen and oxygen atoms in total. The van der Waals surface area contributed by atoms with Crippen molar-refractivity contribution in [3.8, 4) is 0 Å². The molecule has 0 aromatic heterocycles. The summed E-state index contributed by atoms with van der Waals surface area (Å²) in [7, 11) is -0.772. The highest BCUT2D eigenvalue weighted by Gasteiger charge is 2.14. The highest BCUT2D eigenvalue weighted by molar-refractivity contribution is 7.85. The zero-order valence-electron chi connectivity index (χ0n) is 10.8. The van der Waals surface area contributed by atoms with Gasteiger partial charge in [0, 0.05) is 27.8 Å². The van der Waals surface area contributed by atoms with E-state index < -0.39 is 10.8 Å². The minimum absolute atomic E-state index is 0.315. The summed E-state index contributed by atoms with van der Waals surface area (Å²) >= 11 is 0. The van der Waals surface area contributed by atoms with Crippen molar-refractivity contribution in [3.05, 3.63) is 35.9 Å². The Labute approximate surface area is 107 Å². The third kappa shape index (κ3) is 7.29. The molecule has 1 unspecified atom stereocenters. The zero-order valence-corrected chi connectivity index (χ0v) is 11.6. The van der Waals surface area contributed by atoms with Crippen LogP contribution in [0.4, 0.5) is 0 Å². The van der Waals surface area contributed by atoms with E-state index in [0.29, 0.717) is 5.75 Å². The van der Waals surface area contributed by atoms with Gasteiger partial charge in [-0.1, -0.05) is 30.3 Å². The molecule has 1 atom stereocenters. The Morgan fingerprint density at radius 1 is 1.18 bits per heavy atom. The predicted octanol–water partition coefficient (Wildman–Crippen LogP) is 2.50. The maximum atomic E-state index is 11.7. The van der Waals surface area contributed by atoms with Crippen LogP contribution in [0.5, 0.6) is 0 Å². The largest absolute Gasteiger partial charge is 0.325 e. The second-order valence-corrected chi connectivity index (χ2v) is 6.80. The predicted molar refractivity (Wildman–Crippen MR) is 75.5 cm³/mol. The van der Waals surface area contributed by atoms with E-state index in [4.69, 9.17) is 5.73 Å². The molecule has 2 N–H and O–H groups in total. The first-order chi connectivity index (χ1) is 7.97. The maximum absolute atomic E-state index is 11.7. The lowest BCUT2D eigenvalue weighted by Gasteiger charge is -2.17.